The summed E-state index contributed by atoms with van der Waals surface area (Å²) in [6, 6.07) is 6.21. The zero-order valence-corrected chi connectivity index (χ0v) is 17.4. The number of piperidine rings is 1. The molecule has 7 nitrogen and oxygen atoms in total. The van der Waals surface area contributed by atoms with Crippen molar-refractivity contribution >= 4 is 16.0 Å². The van der Waals surface area contributed by atoms with Crippen LogP contribution in [0, 0.1) is 5.92 Å². The lowest BCUT2D eigenvalue weighted by Gasteiger charge is -2.32. The van der Waals surface area contributed by atoms with Crippen LogP contribution in [0.3, 0.4) is 0 Å². The predicted octanol–water partition coefficient (Wildman–Crippen LogP) is 2.89. The van der Waals surface area contributed by atoms with Gasteiger partial charge in [0.2, 0.25) is 10.0 Å². The average molecular weight is 406 g/mol. The SMILES string of the molecule is COC(=O)c1ccccc1S(=O)(=O)N1CCC(Cn2ccnc2C(C)C)CC1. The van der Waals surface area contributed by atoms with E-state index < -0.39 is 16.0 Å². The van der Waals surface area contributed by atoms with E-state index in [0.29, 0.717) is 24.9 Å². The Bertz CT molecular complexity index is 928. The van der Waals surface area contributed by atoms with Gasteiger partial charge in [-0.25, -0.2) is 18.2 Å². The molecule has 0 N–H and O–H groups in total. The summed E-state index contributed by atoms with van der Waals surface area (Å²) in [4.78, 5) is 16.4. The van der Waals surface area contributed by atoms with Crippen molar-refractivity contribution in [2.45, 2.75) is 44.0 Å². The van der Waals surface area contributed by atoms with Crippen LogP contribution in [0.2, 0.25) is 0 Å². The van der Waals surface area contributed by atoms with Crippen molar-refractivity contribution in [2.75, 3.05) is 20.2 Å². The largest absolute Gasteiger partial charge is 0.465 e. The zero-order valence-electron chi connectivity index (χ0n) is 16.5. The molecule has 0 bridgehead atoms. The molecule has 2 heterocycles. The van der Waals surface area contributed by atoms with Crippen molar-refractivity contribution in [1.29, 1.82) is 0 Å². The summed E-state index contributed by atoms with van der Waals surface area (Å²) >= 11 is 0. The summed E-state index contributed by atoms with van der Waals surface area (Å²) in [6.07, 6.45) is 5.36. The maximum atomic E-state index is 13.1. The smallest absolute Gasteiger partial charge is 0.339 e. The van der Waals surface area contributed by atoms with Gasteiger partial charge in [0.15, 0.2) is 0 Å². The highest BCUT2D eigenvalue weighted by atomic mass is 32.2. The summed E-state index contributed by atoms with van der Waals surface area (Å²) in [5.74, 6) is 1.16. The lowest BCUT2D eigenvalue weighted by atomic mass is 9.98. The maximum Gasteiger partial charge on any atom is 0.339 e. The number of carbonyl (C=O) groups is 1. The van der Waals surface area contributed by atoms with Gasteiger partial charge in [0.1, 0.15) is 5.82 Å². The topological polar surface area (TPSA) is 81.5 Å². The fourth-order valence-electron chi connectivity index (χ4n) is 3.70. The predicted molar refractivity (Wildman–Crippen MR) is 106 cm³/mol. The minimum Gasteiger partial charge on any atom is -0.465 e. The zero-order chi connectivity index (χ0) is 20.3. The molecule has 8 heteroatoms. The van der Waals surface area contributed by atoms with Crippen molar-refractivity contribution in [1.82, 2.24) is 13.9 Å². The molecular weight excluding hydrogens is 378 g/mol. The highest BCUT2D eigenvalue weighted by Gasteiger charge is 2.32. The van der Waals surface area contributed by atoms with Gasteiger partial charge in [0, 0.05) is 37.9 Å². The van der Waals surface area contributed by atoms with Gasteiger partial charge in [-0.3, -0.25) is 0 Å². The first-order valence-corrected chi connectivity index (χ1v) is 11.0. The lowest BCUT2D eigenvalue weighted by molar-refractivity contribution is 0.0596. The molecular formula is C20H27N3O4S. The third-order valence-corrected chi connectivity index (χ3v) is 7.16. The minimum absolute atomic E-state index is 0.0111. The van der Waals surface area contributed by atoms with Crippen LogP contribution >= 0.6 is 0 Å². The molecule has 1 aromatic heterocycles. The van der Waals surface area contributed by atoms with E-state index in [1.54, 1.807) is 12.1 Å². The van der Waals surface area contributed by atoms with Gasteiger partial charge in [0.25, 0.3) is 0 Å². The van der Waals surface area contributed by atoms with Gasteiger partial charge in [-0.1, -0.05) is 26.0 Å². The number of esters is 1. The normalized spacial score (nSPS) is 16.4. The monoisotopic (exact) mass is 405 g/mol. The molecule has 1 saturated heterocycles. The van der Waals surface area contributed by atoms with Gasteiger partial charge in [-0.2, -0.15) is 4.31 Å². The van der Waals surface area contributed by atoms with Crippen LogP contribution in [0.15, 0.2) is 41.6 Å². The second kappa shape index (κ2) is 8.45. The Labute approximate surface area is 166 Å². The Hall–Kier alpha value is -2.19. The standard InChI is InChI=1S/C20H27N3O4S/c1-15(2)19-21-10-13-22(19)14-16-8-11-23(12-9-16)28(25,26)18-7-5-4-6-17(18)20(24)27-3/h4-7,10,13,15-16H,8-9,11-12,14H2,1-3H3. The van der Waals surface area contributed by atoms with E-state index in [-0.39, 0.29) is 10.5 Å². The van der Waals surface area contributed by atoms with E-state index in [2.05, 4.69) is 23.4 Å². The van der Waals surface area contributed by atoms with E-state index in [1.807, 2.05) is 12.4 Å². The molecule has 28 heavy (non-hydrogen) atoms. The number of hydrogen-bond donors (Lipinski definition) is 0. The molecule has 1 fully saturated rings. The Morgan fingerprint density at radius 3 is 2.57 bits per heavy atom. The van der Waals surface area contributed by atoms with Crippen LogP contribution in [-0.4, -0.2) is 48.4 Å². The number of imidazole rings is 1. The first kappa shape index (κ1) is 20.5. The molecule has 1 aliphatic heterocycles. The molecule has 0 saturated carbocycles. The van der Waals surface area contributed by atoms with Crippen molar-refractivity contribution in [3.63, 3.8) is 0 Å². The molecule has 0 amide bonds. The number of aromatic nitrogens is 2. The molecule has 2 aromatic rings. The van der Waals surface area contributed by atoms with Gasteiger partial charge < -0.3 is 9.30 Å². The van der Waals surface area contributed by atoms with Gasteiger partial charge in [0.05, 0.1) is 17.6 Å². The number of nitrogens with zero attached hydrogens (tertiary/aromatic N) is 3. The van der Waals surface area contributed by atoms with Crippen LogP contribution in [0.1, 0.15) is 48.8 Å². The molecule has 1 aliphatic rings. The molecule has 0 spiro atoms. The van der Waals surface area contributed by atoms with Crippen LogP contribution in [-0.2, 0) is 21.3 Å². The molecule has 0 radical (unpaired) electrons. The fourth-order valence-corrected chi connectivity index (χ4v) is 5.34. The van der Waals surface area contributed by atoms with E-state index in [4.69, 9.17) is 4.74 Å². The molecule has 0 unspecified atom stereocenters. The Morgan fingerprint density at radius 1 is 1.25 bits per heavy atom. The molecule has 0 atom stereocenters. The molecule has 1 aromatic carbocycles. The van der Waals surface area contributed by atoms with Crippen LogP contribution < -0.4 is 0 Å². The van der Waals surface area contributed by atoms with Gasteiger partial charge in [-0.15, -0.1) is 0 Å². The third kappa shape index (κ3) is 4.12. The number of carbonyl (C=O) groups excluding carboxylic acids is 1. The fraction of sp³-hybridized carbons (Fsp3) is 0.500. The first-order valence-electron chi connectivity index (χ1n) is 9.53. The Kier molecular flexibility index (Phi) is 6.20. The number of benzene rings is 1. The van der Waals surface area contributed by atoms with E-state index >= 15 is 0 Å². The highest BCUT2D eigenvalue weighted by Crippen LogP contribution is 2.27. The van der Waals surface area contributed by atoms with Crippen molar-refractivity contribution in [3.05, 3.63) is 48.0 Å². The average Bonchev–Trinajstić information content (AvgIpc) is 3.16. The van der Waals surface area contributed by atoms with Gasteiger partial charge >= 0.3 is 5.97 Å². The van der Waals surface area contributed by atoms with Crippen molar-refractivity contribution < 1.29 is 17.9 Å². The van der Waals surface area contributed by atoms with E-state index in [9.17, 15) is 13.2 Å². The molecule has 3 rings (SSSR count). The van der Waals surface area contributed by atoms with Crippen molar-refractivity contribution in [3.8, 4) is 0 Å². The number of methoxy groups -OCH3 is 1. The number of hydrogen-bond acceptors (Lipinski definition) is 5. The highest BCUT2D eigenvalue weighted by molar-refractivity contribution is 7.89. The van der Waals surface area contributed by atoms with Crippen LogP contribution in [0.4, 0.5) is 0 Å². The van der Waals surface area contributed by atoms with Crippen LogP contribution in [0.25, 0.3) is 0 Å². The van der Waals surface area contributed by atoms with Gasteiger partial charge in [-0.05, 0) is 30.9 Å². The summed E-state index contributed by atoms with van der Waals surface area (Å²) in [5, 5.41) is 0. The van der Waals surface area contributed by atoms with E-state index in [1.165, 1.54) is 23.5 Å². The van der Waals surface area contributed by atoms with Crippen LogP contribution in [0.5, 0.6) is 0 Å². The first-order chi connectivity index (χ1) is 13.3. The Balaban J connectivity index is 1.71. The number of ether oxygens (including phenoxy) is 1. The number of sulfonamides is 1. The summed E-state index contributed by atoms with van der Waals surface area (Å²) < 4.78 is 34.6. The second-order valence-corrected chi connectivity index (χ2v) is 9.33. The number of rotatable bonds is 6. The molecule has 152 valence electrons. The summed E-state index contributed by atoms with van der Waals surface area (Å²) in [5.41, 5.74) is 0.0760. The molecule has 0 aliphatic carbocycles. The summed E-state index contributed by atoms with van der Waals surface area (Å²) in [7, 11) is -2.49. The third-order valence-electron chi connectivity index (χ3n) is 5.20. The summed E-state index contributed by atoms with van der Waals surface area (Å²) in [6.45, 7) is 5.96. The van der Waals surface area contributed by atoms with E-state index in [0.717, 1.165) is 25.2 Å². The maximum absolute atomic E-state index is 13.1. The lowest BCUT2D eigenvalue weighted by Crippen LogP contribution is -2.39. The second-order valence-electron chi connectivity index (χ2n) is 7.43. The minimum atomic E-state index is -3.74. The van der Waals surface area contributed by atoms with Crippen molar-refractivity contribution in [2.24, 2.45) is 5.92 Å². The Morgan fingerprint density at radius 2 is 1.93 bits per heavy atom. The quantitative estimate of drug-likeness (QED) is 0.690.